The van der Waals surface area contributed by atoms with Crippen molar-refractivity contribution < 1.29 is 4.79 Å². The minimum absolute atomic E-state index is 0.0458. The van der Waals surface area contributed by atoms with Gasteiger partial charge in [-0.3, -0.25) is 4.79 Å². The number of aryl methyl sites for hydroxylation is 1. The van der Waals surface area contributed by atoms with Crippen LogP contribution in [-0.2, 0) is 0 Å². The van der Waals surface area contributed by atoms with E-state index in [-0.39, 0.29) is 11.2 Å². The van der Waals surface area contributed by atoms with Gasteiger partial charge in [0, 0.05) is 6.54 Å². The highest BCUT2D eigenvalue weighted by Gasteiger charge is 2.16. The lowest BCUT2D eigenvalue weighted by Crippen LogP contribution is -2.25. The van der Waals surface area contributed by atoms with Crippen molar-refractivity contribution in [2.75, 3.05) is 6.54 Å². The molecule has 0 aliphatic heterocycles. The molecule has 17 heavy (non-hydrogen) atoms. The van der Waals surface area contributed by atoms with Gasteiger partial charge in [0.2, 0.25) is 5.28 Å². The van der Waals surface area contributed by atoms with Gasteiger partial charge in [0.1, 0.15) is 4.70 Å². The minimum Gasteiger partial charge on any atom is -0.351 e. The zero-order valence-electron chi connectivity index (χ0n) is 9.45. The van der Waals surface area contributed by atoms with Crippen LogP contribution in [0.25, 0.3) is 10.3 Å². The van der Waals surface area contributed by atoms with Crippen LogP contribution in [0.3, 0.4) is 0 Å². The Morgan fingerprint density at radius 2 is 2.18 bits per heavy atom. The van der Waals surface area contributed by atoms with Gasteiger partial charge in [0.05, 0.1) is 5.01 Å². The first kappa shape index (κ1) is 12.2. The Balaban J connectivity index is 2.47. The molecule has 0 spiro atoms. The number of fused-ring (bicyclic) bond motifs is 1. The second-order valence-corrected chi connectivity index (χ2v) is 5.02. The number of thiazole rings is 1. The van der Waals surface area contributed by atoms with Gasteiger partial charge in [-0.2, -0.15) is 4.98 Å². The molecule has 0 atom stereocenters. The molecule has 2 aromatic rings. The molecule has 1 amide bonds. The lowest BCUT2D eigenvalue weighted by molar-refractivity contribution is 0.0950. The highest BCUT2D eigenvalue weighted by Crippen LogP contribution is 2.24. The summed E-state index contributed by atoms with van der Waals surface area (Å²) >= 11 is 7.17. The second-order valence-electron chi connectivity index (χ2n) is 3.48. The minimum atomic E-state index is -0.232. The van der Waals surface area contributed by atoms with Crippen molar-refractivity contribution in [3.8, 4) is 0 Å². The predicted octanol–water partition coefficient (Wildman–Crippen LogP) is 2.19. The molecular formula is C10H11ClN4OS. The van der Waals surface area contributed by atoms with Crippen molar-refractivity contribution in [1.82, 2.24) is 20.3 Å². The predicted molar refractivity (Wildman–Crippen MR) is 67.6 cm³/mol. The van der Waals surface area contributed by atoms with Crippen LogP contribution in [0.4, 0.5) is 0 Å². The molecule has 0 saturated carbocycles. The molecule has 0 aliphatic carbocycles. The van der Waals surface area contributed by atoms with Crippen molar-refractivity contribution in [2.24, 2.45) is 0 Å². The third-order valence-corrected chi connectivity index (χ3v) is 3.22. The van der Waals surface area contributed by atoms with E-state index in [1.807, 2.05) is 13.8 Å². The molecule has 0 fully saturated rings. The van der Waals surface area contributed by atoms with Crippen LogP contribution < -0.4 is 5.32 Å². The first-order chi connectivity index (χ1) is 8.11. The maximum absolute atomic E-state index is 11.9. The largest absolute Gasteiger partial charge is 0.351 e. The van der Waals surface area contributed by atoms with E-state index >= 15 is 0 Å². The van der Waals surface area contributed by atoms with Gasteiger partial charge in [-0.15, -0.1) is 11.3 Å². The molecule has 7 heteroatoms. The van der Waals surface area contributed by atoms with E-state index < -0.39 is 0 Å². The van der Waals surface area contributed by atoms with Gasteiger partial charge in [-0.1, -0.05) is 6.92 Å². The summed E-state index contributed by atoms with van der Waals surface area (Å²) < 4.78 is 0.681. The number of carbonyl (C=O) groups excluding carboxylic acids is 1. The summed E-state index contributed by atoms with van der Waals surface area (Å²) in [5.41, 5.74) is 0.785. The number of aromatic nitrogens is 3. The van der Waals surface area contributed by atoms with E-state index in [4.69, 9.17) is 11.6 Å². The molecule has 90 valence electrons. The molecule has 0 unspecified atom stereocenters. The number of hydrogen-bond acceptors (Lipinski definition) is 5. The van der Waals surface area contributed by atoms with Gasteiger partial charge in [-0.25, -0.2) is 9.97 Å². The average molecular weight is 271 g/mol. The highest BCUT2D eigenvalue weighted by atomic mass is 35.5. The maximum atomic E-state index is 11.9. The van der Waals surface area contributed by atoms with Crippen molar-refractivity contribution in [2.45, 2.75) is 20.3 Å². The van der Waals surface area contributed by atoms with Crippen LogP contribution in [0.15, 0.2) is 0 Å². The summed E-state index contributed by atoms with van der Waals surface area (Å²) in [5.74, 6) is -0.232. The van der Waals surface area contributed by atoms with Crippen LogP contribution in [0.2, 0.25) is 5.28 Å². The standard InChI is InChI=1S/C10H11ClN4OS/c1-3-4-12-9(16)6-7-8(13-5(2)17-7)15-10(11)14-6/h3-4H2,1-2H3,(H,12,16). The number of carbonyl (C=O) groups is 1. The zero-order chi connectivity index (χ0) is 12.4. The van der Waals surface area contributed by atoms with E-state index in [9.17, 15) is 4.79 Å². The number of amides is 1. The van der Waals surface area contributed by atoms with Crippen LogP contribution in [0, 0.1) is 6.92 Å². The number of rotatable bonds is 3. The lowest BCUT2D eigenvalue weighted by Gasteiger charge is -2.03. The van der Waals surface area contributed by atoms with E-state index in [2.05, 4.69) is 20.3 Å². The topological polar surface area (TPSA) is 67.8 Å². The Morgan fingerprint density at radius 1 is 1.41 bits per heavy atom. The quantitative estimate of drug-likeness (QED) is 0.868. The molecule has 2 aromatic heterocycles. The van der Waals surface area contributed by atoms with Crippen molar-refractivity contribution in [3.63, 3.8) is 0 Å². The Kier molecular flexibility index (Phi) is 3.54. The SMILES string of the molecule is CCCNC(=O)c1nc(Cl)nc2nc(C)sc12. The number of nitrogens with zero attached hydrogens (tertiary/aromatic N) is 3. The number of halogens is 1. The molecule has 0 aromatic carbocycles. The second kappa shape index (κ2) is 4.93. The van der Waals surface area contributed by atoms with Crippen molar-refractivity contribution >= 4 is 39.2 Å². The van der Waals surface area contributed by atoms with Gasteiger partial charge in [0.25, 0.3) is 5.91 Å². The van der Waals surface area contributed by atoms with E-state index in [0.29, 0.717) is 22.6 Å². The van der Waals surface area contributed by atoms with E-state index in [0.717, 1.165) is 11.4 Å². The fourth-order valence-corrected chi connectivity index (χ4v) is 2.39. The van der Waals surface area contributed by atoms with Crippen LogP contribution in [0.1, 0.15) is 28.8 Å². The average Bonchev–Trinajstić information content (AvgIpc) is 2.64. The number of nitrogens with one attached hydrogen (secondary N) is 1. The van der Waals surface area contributed by atoms with Gasteiger partial charge in [-0.05, 0) is 24.9 Å². The molecule has 0 radical (unpaired) electrons. The smallest absolute Gasteiger partial charge is 0.271 e. The fourth-order valence-electron chi connectivity index (χ4n) is 1.38. The fraction of sp³-hybridized carbons (Fsp3) is 0.400. The summed E-state index contributed by atoms with van der Waals surface area (Å²) in [5, 5.41) is 3.65. The Hall–Kier alpha value is -1.27. The third-order valence-electron chi connectivity index (χ3n) is 2.08. The number of hydrogen-bond donors (Lipinski definition) is 1. The molecular weight excluding hydrogens is 260 g/mol. The Bertz CT molecular complexity index is 569. The van der Waals surface area contributed by atoms with Crippen LogP contribution >= 0.6 is 22.9 Å². The normalized spacial score (nSPS) is 10.8. The Morgan fingerprint density at radius 3 is 2.88 bits per heavy atom. The Labute approximate surface area is 107 Å². The summed E-state index contributed by atoms with van der Waals surface area (Å²) in [4.78, 5) is 24.1. The zero-order valence-corrected chi connectivity index (χ0v) is 11.0. The third kappa shape index (κ3) is 2.53. The molecule has 2 heterocycles. The van der Waals surface area contributed by atoms with E-state index in [1.54, 1.807) is 0 Å². The van der Waals surface area contributed by atoms with Crippen molar-refractivity contribution in [3.05, 3.63) is 16.0 Å². The summed E-state index contributed by atoms with van der Waals surface area (Å²) in [6.45, 7) is 4.45. The molecule has 0 aliphatic rings. The monoisotopic (exact) mass is 270 g/mol. The van der Waals surface area contributed by atoms with Crippen LogP contribution in [0.5, 0.6) is 0 Å². The summed E-state index contributed by atoms with van der Waals surface area (Å²) in [6, 6.07) is 0. The van der Waals surface area contributed by atoms with Crippen LogP contribution in [-0.4, -0.2) is 27.4 Å². The molecule has 5 nitrogen and oxygen atoms in total. The summed E-state index contributed by atoms with van der Waals surface area (Å²) in [6.07, 6.45) is 0.870. The van der Waals surface area contributed by atoms with Gasteiger partial charge in [0.15, 0.2) is 11.3 Å². The molecule has 1 N–H and O–H groups in total. The maximum Gasteiger partial charge on any atom is 0.271 e. The first-order valence-corrected chi connectivity index (χ1v) is 6.40. The lowest BCUT2D eigenvalue weighted by atomic mass is 10.3. The first-order valence-electron chi connectivity index (χ1n) is 5.20. The van der Waals surface area contributed by atoms with Gasteiger partial charge >= 0.3 is 0 Å². The summed E-state index contributed by atoms with van der Waals surface area (Å²) in [7, 11) is 0. The van der Waals surface area contributed by atoms with Crippen molar-refractivity contribution in [1.29, 1.82) is 0 Å². The highest BCUT2D eigenvalue weighted by molar-refractivity contribution is 7.18. The molecule has 0 saturated heterocycles. The molecule has 2 rings (SSSR count). The van der Waals surface area contributed by atoms with Gasteiger partial charge < -0.3 is 5.32 Å². The molecule has 0 bridgehead atoms. The van der Waals surface area contributed by atoms with E-state index in [1.165, 1.54) is 11.3 Å².